The predicted molar refractivity (Wildman–Crippen MR) is 73.1 cm³/mol. The molecular formula is C13H14N2O4S. The van der Waals surface area contributed by atoms with Crippen LogP contribution in [0.25, 0.3) is 0 Å². The van der Waals surface area contributed by atoms with Gasteiger partial charge in [0.05, 0.1) is 16.6 Å². The molecule has 0 spiro atoms. The second kappa shape index (κ2) is 5.46. The summed E-state index contributed by atoms with van der Waals surface area (Å²) in [4.78, 5) is 23.4. The van der Waals surface area contributed by atoms with Crippen LogP contribution in [0.3, 0.4) is 0 Å². The first-order valence-electron chi connectivity index (χ1n) is 5.97. The lowest BCUT2D eigenvalue weighted by atomic mass is 10.1. The zero-order valence-corrected chi connectivity index (χ0v) is 12.1. The Morgan fingerprint density at radius 1 is 1.35 bits per heavy atom. The van der Waals surface area contributed by atoms with Crippen molar-refractivity contribution < 1.29 is 19.2 Å². The molecule has 0 aromatic carbocycles. The minimum absolute atomic E-state index is 0.139. The minimum atomic E-state index is -1.03. The van der Waals surface area contributed by atoms with E-state index in [2.05, 4.69) is 10.5 Å². The van der Waals surface area contributed by atoms with Gasteiger partial charge in [-0.15, -0.1) is 11.3 Å². The summed E-state index contributed by atoms with van der Waals surface area (Å²) in [5.41, 5.74) is 1.57. The maximum Gasteiger partial charge on any atom is 0.345 e. The summed E-state index contributed by atoms with van der Waals surface area (Å²) in [6, 6.07) is 2.66. The topological polar surface area (TPSA) is 92.4 Å². The molecule has 0 fully saturated rings. The van der Waals surface area contributed by atoms with E-state index in [9.17, 15) is 9.59 Å². The summed E-state index contributed by atoms with van der Waals surface area (Å²) < 4.78 is 5.06. The highest BCUT2D eigenvalue weighted by Crippen LogP contribution is 2.22. The fourth-order valence-electron chi connectivity index (χ4n) is 2.02. The van der Waals surface area contributed by atoms with Crippen molar-refractivity contribution in [3.05, 3.63) is 38.9 Å². The molecule has 2 aromatic heterocycles. The first kappa shape index (κ1) is 14.3. The fourth-order valence-corrected chi connectivity index (χ4v) is 2.77. The number of aromatic carboxylic acids is 1. The quantitative estimate of drug-likeness (QED) is 0.904. The van der Waals surface area contributed by atoms with Gasteiger partial charge in [-0.3, -0.25) is 4.79 Å². The number of carboxylic acids is 1. The van der Waals surface area contributed by atoms with Crippen molar-refractivity contribution in [3.63, 3.8) is 0 Å². The van der Waals surface area contributed by atoms with Gasteiger partial charge in [-0.25, -0.2) is 4.79 Å². The molecule has 1 atom stereocenters. The molecule has 0 saturated carbocycles. The fraction of sp³-hybridized carbons (Fsp3) is 0.308. The number of thiophene rings is 1. The van der Waals surface area contributed by atoms with Crippen molar-refractivity contribution in [2.75, 3.05) is 0 Å². The number of nitrogens with zero attached hydrogens (tertiary/aromatic N) is 1. The standard InChI is InChI=1S/C13H14N2O4S/c1-6(11-7(2)15-19-8(11)3)14-12(16)9-4-5-10(20-9)13(17)18/h4-6H,1-3H3,(H,14,16)(H,17,18). The van der Waals surface area contributed by atoms with Crippen molar-refractivity contribution in [2.24, 2.45) is 0 Å². The van der Waals surface area contributed by atoms with E-state index < -0.39 is 5.97 Å². The summed E-state index contributed by atoms with van der Waals surface area (Å²) >= 11 is 0.946. The Morgan fingerprint density at radius 3 is 2.50 bits per heavy atom. The van der Waals surface area contributed by atoms with E-state index in [0.29, 0.717) is 10.6 Å². The van der Waals surface area contributed by atoms with Crippen molar-refractivity contribution in [3.8, 4) is 0 Å². The van der Waals surface area contributed by atoms with Crippen LogP contribution in [-0.2, 0) is 0 Å². The lowest BCUT2D eigenvalue weighted by Gasteiger charge is -2.12. The molecule has 106 valence electrons. The Hall–Kier alpha value is -2.15. The second-order valence-corrected chi connectivity index (χ2v) is 5.49. The van der Waals surface area contributed by atoms with E-state index in [1.807, 2.05) is 13.8 Å². The summed E-state index contributed by atoms with van der Waals surface area (Å²) in [6.45, 7) is 5.42. The molecule has 1 amide bonds. The van der Waals surface area contributed by atoms with Crippen LogP contribution in [0.15, 0.2) is 16.7 Å². The van der Waals surface area contributed by atoms with Crippen LogP contribution < -0.4 is 5.32 Å². The highest BCUT2D eigenvalue weighted by atomic mass is 32.1. The maximum absolute atomic E-state index is 12.1. The number of hydrogen-bond donors (Lipinski definition) is 2. The summed E-state index contributed by atoms with van der Waals surface area (Å²) in [5, 5.41) is 15.5. The van der Waals surface area contributed by atoms with Crippen LogP contribution in [0.2, 0.25) is 0 Å². The molecule has 0 radical (unpaired) electrons. The zero-order valence-electron chi connectivity index (χ0n) is 11.3. The highest BCUT2D eigenvalue weighted by Gasteiger charge is 2.20. The molecule has 2 N–H and O–H groups in total. The average Bonchev–Trinajstić information content (AvgIpc) is 2.96. The third-order valence-corrected chi connectivity index (χ3v) is 3.98. The number of carbonyl (C=O) groups is 2. The van der Waals surface area contributed by atoms with Crippen LogP contribution in [0.5, 0.6) is 0 Å². The van der Waals surface area contributed by atoms with Gasteiger partial charge in [0.2, 0.25) is 0 Å². The predicted octanol–water partition coefficient (Wildman–Crippen LogP) is 2.54. The molecule has 2 rings (SSSR count). The molecule has 2 aromatic rings. The average molecular weight is 294 g/mol. The monoisotopic (exact) mass is 294 g/mol. The van der Waals surface area contributed by atoms with Gasteiger partial charge in [0.25, 0.3) is 5.91 Å². The van der Waals surface area contributed by atoms with Crippen molar-refractivity contribution >= 4 is 23.2 Å². The van der Waals surface area contributed by atoms with Gasteiger partial charge >= 0.3 is 5.97 Å². The SMILES string of the molecule is Cc1noc(C)c1C(C)NC(=O)c1ccc(C(=O)O)s1. The van der Waals surface area contributed by atoms with Crippen LogP contribution in [0, 0.1) is 13.8 Å². The van der Waals surface area contributed by atoms with Crippen LogP contribution >= 0.6 is 11.3 Å². The number of carboxylic acid groups (broad SMARTS) is 1. The minimum Gasteiger partial charge on any atom is -0.477 e. The smallest absolute Gasteiger partial charge is 0.345 e. The molecule has 7 heteroatoms. The number of nitrogens with one attached hydrogen (secondary N) is 1. The molecule has 0 aliphatic rings. The summed E-state index contributed by atoms with van der Waals surface area (Å²) in [5.74, 6) is -0.685. The van der Waals surface area contributed by atoms with Gasteiger partial charge < -0.3 is 14.9 Å². The first-order valence-corrected chi connectivity index (χ1v) is 6.78. The summed E-state index contributed by atoms with van der Waals surface area (Å²) in [6.07, 6.45) is 0. The van der Waals surface area contributed by atoms with E-state index in [1.165, 1.54) is 12.1 Å². The number of aromatic nitrogens is 1. The first-order chi connectivity index (χ1) is 9.40. The Labute approximate surface area is 119 Å². The second-order valence-electron chi connectivity index (χ2n) is 4.40. The number of amides is 1. The van der Waals surface area contributed by atoms with Crippen molar-refractivity contribution in [1.82, 2.24) is 10.5 Å². The molecular weight excluding hydrogens is 280 g/mol. The summed E-state index contributed by atoms with van der Waals surface area (Å²) in [7, 11) is 0. The van der Waals surface area contributed by atoms with Crippen LogP contribution in [0.4, 0.5) is 0 Å². The molecule has 6 nitrogen and oxygen atoms in total. The number of carbonyl (C=O) groups excluding carboxylic acids is 1. The number of aryl methyl sites for hydroxylation is 2. The van der Waals surface area contributed by atoms with E-state index in [0.717, 1.165) is 22.6 Å². The molecule has 1 unspecified atom stereocenters. The highest BCUT2D eigenvalue weighted by molar-refractivity contribution is 7.15. The van der Waals surface area contributed by atoms with E-state index >= 15 is 0 Å². The Morgan fingerprint density at radius 2 is 2.00 bits per heavy atom. The lowest BCUT2D eigenvalue weighted by Crippen LogP contribution is -2.26. The van der Waals surface area contributed by atoms with Gasteiger partial charge in [0, 0.05) is 5.56 Å². The largest absolute Gasteiger partial charge is 0.477 e. The molecule has 20 heavy (non-hydrogen) atoms. The number of rotatable bonds is 4. The normalized spacial score (nSPS) is 12.2. The molecule has 2 heterocycles. The maximum atomic E-state index is 12.1. The van der Waals surface area contributed by atoms with Gasteiger partial charge in [0.1, 0.15) is 10.6 Å². The molecule has 0 bridgehead atoms. The van der Waals surface area contributed by atoms with E-state index in [1.54, 1.807) is 6.92 Å². The van der Waals surface area contributed by atoms with Crippen molar-refractivity contribution in [1.29, 1.82) is 0 Å². The van der Waals surface area contributed by atoms with E-state index in [-0.39, 0.29) is 16.8 Å². The molecule has 0 aliphatic heterocycles. The van der Waals surface area contributed by atoms with Gasteiger partial charge in [-0.2, -0.15) is 0 Å². The Bertz CT molecular complexity index is 640. The molecule has 0 aliphatic carbocycles. The van der Waals surface area contributed by atoms with Crippen LogP contribution in [-0.4, -0.2) is 22.1 Å². The van der Waals surface area contributed by atoms with Gasteiger partial charge in [-0.05, 0) is 32.9 Å². The lowest BCUT2D eigenvalue weighted by molar-refractivity contribution is 0.0702. The third kappa shape index (κ3) is 2.72. The van der Waals surface area contributed by atoms with Gasteiger partial charge in [0.15, 0.2) is 0 Å². The molecule has 0 saturated heterocycles. The van der Waals surface area contributed by atoms with Crippen molar-refractivity contribution in [2.45, 2.75) is 26.8 Å². The Balaban J connectivity index is 2.13. The van der Waals surface area contributed by atoms with Gasteiger partial charge in [-0.1, -0.05) is 5.16 Å². The Kier molecular flexibility index (Phi) is 3.89. The zero-order chi connectivity index (χ0) is 14.9. The van der Waals surface area contributed by atoms with E-state index in [4.69, 9.17) is 9.63 Å². The van der Waals surface area contributed by atoms with Crippen LogP contribution in [0.1, 0.15) is 49.3 Å². The third-order valence-electron chi connectivity index (χ3n) is 2.91. The number of hydrogen-bond acceptors (Lipinski definition) is 5.